The molecular formula is C26H24F3N3O3. The van der Waals surface area contributed by atoms with Crippen molar-refractivity contribution in [3.05, 3.63) is 89.0 Å². The molecule has 0 aliphatic carbocycles. The molecule has 0 aromatic heterocycles. The molecule has 4 rings (SSSR count). The summed E-state index contributed by atoms with van der Waals surface area (Å²) >= 11 is 0. The number of hydrogen-bond acceptors (Lipinski definition) is 4. The van der Waals surface area contributed by atoms with Crippen LogP contribution in [0, 0.1) is 11.6 Å². The maximum absolute atomic E-state index is 13.9. The first kappa shape index (κ1) is 24.3. The van der Waals surface area contributed by atoms with Gasteiger partial charge in [-0.05, 0) is 72.6 Å². The smallest absolute Gasteiger partial charge is 0.254 e. The number of rotatable bonds is 6. The van der Waals surface area contributed by atoms with Crippen LogP contribution >= 0.6 is 0 Å². The van der Waals surface area contributed by atoms with Gasteiger partial charge in [-0.2, -0.15) is 0 Å². The maximum atomic E-state index is 13.9. The molecule has 9 heteroatoms. The molecule has 1 aliphatic heterocycles. The highest BCUT2D eigenvalue weighted by Crippen LogP contribution is 2.32. The van der Waals surface area contributed by atoms with Crippen LogP contribution in [0.2, 0.25) is 0 Å². The Labute approximate surface area is 200 Å². The zero-order chi connectivity index (χ0) is 24.9. The summed E-state index contributed by atoms with van der Waals surface area (Å²) in [6.45, 7) is 1.47. The van der Waals surface area contributed by atoms with E-state index in [1.807, 2.05) is 0 Å². The third-order valence-corrected chi connectivity index (χ3v) is 5.96. The van der Waals surface area contributed by atoms with Crippen LogP contribution < -0.4 is 10.7 Å². The van der Waals surface area contributed by atoms with Crippen LogP contribution in [0.4, 0.5) is 13.3 Å². The summed E-state index contributed by atoms with van der Waals surface area (Å²) in [7, 11) is 0. The van der Waals surface area contributed by atoms with E-state index in [1.165, 1.54) is 54.6 Å². The van der Waals surface area contributed by atoms with Gasteiger partial charge in [0.05, 0.1) is 0 Å². The summed E-state index contributed by atoms with van der Waals surface area (Å²) < 4.78 is 40.3. The van der Waals surface area contributed by atoms with Gasteiger partial charge in [0.25, 0.3) is 11.8 Å². The van der Waals surface area contributed by atoms with Crippen molar-refractivity contribution in [2.45, 2.75) is 6.42 Å². The number of carbonyl (C=O) groups excluding carboxylic acids is 2. The molecule has 3 aromatic carbocycles. The molecule has 0 spiro atoms. The topological polar surface area (TPSA) is 75.9 Å². The summed E-state index contributed by atoms with van der Waals surface area (Å²) in [5.74, 6) is -1.62. The van der Waals surface area contributed by atoms with Crippen LogP contribution in [0.5, 0.6) is 5.75 Å². The van der Waals surface area contributed by atoms with Crippen LogP contribution in [-0.4, -0.2) is 54.3 Å². The summed E-state index contributed by atoms with van der Waals surface area (Å²) in [6.07, 6.45) is 0.465. The molecule has 0 atom stereocenters. The quantitative estimate of drug-likeness (QED) is 0.575. The molecule has 2 amide bonds. The SMILES string of the molecule is NCCc1cc(F)cc(C(=O)N2CCN(C(=O)c3ccc(OF)c(-c4ccc(F)cc4)c3)CC2)c1. The Morgan fingerprint density at radius 1 is 0.800 bits per heavy atom. The predicted octanol–water partition coefficient (Wildman–Crippen LogP) is 3.99. The van der Waals surface area contributed by atoms with E-state index in [9.17, 15) is 22.9 Å². The standard InChI is InChI=1S/C26H24F3N3O3/c27-21-4-1-18(2-5-21)23-16-19(3-6-24(23)35-29)25(33)31-9-11-32(12-10-31)26(34)20-13-17(7-8-30)14-22(28)15-20/h1-6,13-16H,7-12,30H2. The molecule has 3 aromatic rings. The van der Waals surface area contributed by atoms with Gasteiger partial charge in [-0.1, -0.05) is 12.1 Å². The van der Waals surface area contributed by atoms with Gasteiger partial charge in [0.1, 0.15) is 11.6 Å². The van der Waals surface area contributed by atoms with E-state index in [0.717, 1.165) is 0 Å². The minimum atomic E-state index is -0.495. The van der Waals surface area contributed by atoms with Crippen molar-refractivity contribution in [3.8, 4) is 16.9 Å². The van der Waals surface area contributed by atoms with Gasteiger partial charge in [0, 0.05) is 47.4 Å². The van der Waals surface area contributed by atoms with Crippen molar-refractivity contribution in [1.82, 2.24) is 9.80 Å². The van der Waals surface area contributed by atoms with E-state index in [4.69, 9.17) is 5.73 Å². The van der Waals surface area contributed by atoms with Gasteiger partial charge in [-0.15, -0.1) is 0 Å². The van der Waals surface area contributed by atoms with E-state index in [-0.39, 0.29) is 49.3 Å². The Bertz CT molecular complexity index is 1230. The lowest BCUT2D eigenvalue weighted by molar-refractivity contribution is -0.00548. The summed E-state index contributed by atoms with van der Waals surface area (Å²) in [5, 5.41) is 0. The minimum Gasteiger partial charge on any atom is -0.335 e. The first-order chi connectivity index (χ1) is 16.9. The largest absolute Gasteiger partial charge is 0.335 e. The number of halogens is 3. The Morgan fingerprint density at radius 2 is 1.43 bits per heavy atom. The molecule has 182 valence electrons. The second-order valence-corrected chi connectivity index (χ2v) is 8.27. The highest BCUT2D eigenvalue weighted by Gasteiger charge is 2.26. The molecule has 6 nitrogen and oxygen atoms in total. The second-order valence-electron chi connectivity index (χ2n) is 8.27. The predicted molar refractivity (Wildman–Crippen MR) is 125 cm³/mol. The van der Waals surface area contributed by atoms with Crippen LogP contribution in [0.1, 0.15) is 26.3 Å². The third-order valence-electron chi connectivity index (χ3n) is 5.96. The van der Waals surface area contributed by atoms with Gasteiger partial charge in [-0.3, -0.25) is 14.5 Å². The molecule has 0 saturated carbocycles. The molecule has 1 heterocycles. The summed E-state index contributed by atoms with van der Waals surface area (Å²) in [4.78, 5) is 33.1. The number of nitrogens with zero attached hydrogens (tertiary/aromatic N) is 2. The Kier molecular flexibility index (Phi) is 7.36. The zero-order valence-corrected chi connectivity index (χ0v) is 18.8. The average Bonchev–Trinajstić information content (AvgIpc) is 2.88. The van der Waals surface area contributed by atoms with Gasteiger partial charge < -0.3 is 15.5 Å². The van der Waals surface area contributed by atoms with Gasteiger partial charge in [0.15, 0.2) is 5.75 Å². The van der Waals surface area contributed by atoms with Crippen LogP contribution in [0.15, 0.2) is 60.7 Å². The number of amides is 2. The van der Waals surface area contributed by atoms with Crippen LogP contribution in [0.3, 0.4) is 0 Å². The van der Waals surface area contributed by atoms with E-state index in [1.54, 1.807) is 15.9 Å². The van der Waals surface area contributed by atoms with Crippen molar-refractivity contribution in [3.63, 3.8) is 0 Å². The maximum Gasteiger partial charge on any atom is 0.254 e. The van der Waals surface area contributed by atoms with E-state index in [0.29, 0.717) is 35.2 Å². The molecule has 2 N–H and O–H groups in total. The van der Waals surface area contributed by atoms with Gasteiger partial charge in [0.2, 0.25) is 0 Å². The highest BCUT2D eigenvalue weighted by atomic mass is 19.3. The summed E-state index contributed by atoms with van der Waals surface area (Å²) in [5.41, 5.74) is 7.56. The normalized spacial score (nSPS) is 13.6. The van der Waals surface area contributed by atoms with Crippen LogP contribution in [0.25, 0.3) is 11.1 Å². The van der Waals surface area contributed by atoms with E-state index < -0.39 is 11.6 Å². The molecular weight excluding hydrogens is 459 g/mol. The Morgan fingerprint density at radius 3 is 2.03 bits per heavy atom. The van der Waals surface area contributed by atoms with Crippen molar-refractivity contribution in [1.29, 1.82) is 0 Å². The number of hydrogen-bond donors (Lipinski definition) is 1. The van der Waals surface area contributed by atoms with Gasteiger partial charge in [-0.25, -0.2) is 8.78 Å². The van der Waals surface area contributed by atoms with E-state index in [2.05, 4.69) is 4.94 Å². The number of carbonyl (C=O) groups is 2. The lowest BCUT2D eigenvalue weighted by atomic mass is 10.0. The Hall–Kier alpha value is -3.85. The van der Waals surface area contributed by atoms with Crippen molar-refractivity contribution in [2.24, 2.45) is 5.73 Å². The lowest BCUT2D eigenvalue weighted by Crippen LogP contribution is -2.50. The average molecular weight is 483 g/mol. The second kappa shape index (κ2) is 10.6. The third kappa shape index (κ3) is 5.46. The summed E-state index contributed by atoms with van der Waals surface area (Å²) in [6, 6.07) is 13.9. The van der Waals surface area contributed by atoms with Crippen LogP contribution in [-0.2, 0) is 6.42 Å². The molecule has 0 unspecified atom stereocenters. The monoisotopic (exact) mass is 483 g/mol. The lowest BCUT2D eigenvalue weighted by Gasteiger charge is -2.35. The van der Waals surface area contributed by atoms with Gasteiger partial charge >= 0.3 is 0 Å². The fourth-order valence-electron chi connectivity index (χ4n) is 4.15. The molecule has 0 bridgehead atoms. The highest BCUT2D eigenvalue weighted by molar-refractivity contribution is 5.97. The molecule has 1 aliphatic rings. The first-order valence-electron chi connectivity index (χ1n) is 11.2. The molecule has 1 fully saturated rings. The number of benzene rings is 3. The van der Waals surface area contributed by atoms with Crippen molar-refractivity contribution in [2.75, 3.05) is 32.7 Å². The fraction of sp³-hybridized carbons (Fsp3) is 0.231. The fourth-order valence-corrected chi connectivity index (χ4v) is 4.15. The number of piperazine rings is 1. The number of nitrogens with two attached hydrogens (primary N) is 1. The minimum absolute atomic E-state index is 0.0901. The molecule has 1 saturated heterocycles. The molecule has 35 heavy (non-hydrogen) atoms. The van der Waals surface area contributed by atoms with E-state index >= 15 is 0 Å². The van der Waals surface area contributed by atoms with Crippen molar-refractivity contribution < 1.29 is 27.8 Å². The Balaban J connectivity index is 1.46. The first-order valence-corrected chi connectivity index (χ1v) is 11.2. The zero-order valence-electron chi connectivity index (χ0n) is 18.8. The molecule has 0 radical (unpaired) electrons. The van der Waals surface area contributed by atoms with Crippen molar-refractivity contribution >= 4 is 11.8 Å².